The Morgan fingerprint density at radius 2 is 0.830 bits per heavy atom. The van der Waals surface area contributed by atoms with Crippen molar-refractivity contribution in [2.24, 2.45) is 0 Å². The highest BCUT2D eigenvalue weighted by molar-refractivity contribution is 6.29. The number of rotatable bonds is 4. The molecule has 8 aromatic carbocycles. The molecule has 53 heavy (non-hydrogen) atoms. The summed E-state index contributed by atoms with van der Waals surface area (Å²) in [6, 6.07) is 67.0. The Morgan fingerprint density at radius 1 is 0.358 bits per heavy atom. The van der Waals surface area contributed by atoms with Crippen molar-refractivity contribution in [3.05, 3.63) is 188 Å². The summed E-state index contributed by atoms with van der Waals surface area (Å²) in [6.45, 7) is 0. The molecule has 0 saturated heterocycles. The molecule has 0 spiro atoms. The van der Waals surface area contributed by atoms with Crippen LogP contribution in [0.1, 0.15) is 5.56 Å². The maximum Gasteiger partial charge on any atom is 0.0991 e. The second kappa shape index (κ2) is 11.3. The van der Waals surface area contributed by atoms with Crippen molar-refractivity contribution in [2.75, 3.05) is 0 Å². The fourth-order valence-electron chi connectivity index (χ4n) is 8.66. The standard InChI is InChI=1S/C49H30N4/c50-31-32-23-25-44(39(29-32)33-24-26-45-40(30-33)36-17-7-10-20-41(36)51(45)34-13-3-1-4-14-34)53-43-22-12-9-19-38(43)49-47(53)28-27-46-48(49)37-18-8-11-21-42(37)52(46)35-15-5-2-6-16-35/h1-30H. The van der Waals surface area contributed by atoms with Gasteiger partial charge in [0.05, 0.1) is 50.4 Å². The number of fused-ring (bicyclic) bond motifs is 10. The molecule has 3 heterocycles. The van der Waals surface area contributed by atoms with Crippen molar-refractivity contribution in [1.82, 2.24) is 13.7 Å². The van der Waals surface area contributed by atoms with Gasteiger partial charge in [-0.25, -0.2) is 0 Å². The van der Waals surface area contributed by atoms with E-state index in [4.69, 9.17) is 0 Å². The lowest BCUT2D eigenvalue weighted by Gasteiger charge is -2.15. The van der Waals surface area contributed by atoms with E-state index in [9.17, 15) is 5.26 Å². The van der Waals surface area contributed by atoms with E-state index in [0.717, 1.165) is 50.3 Å². The van der Waals surface area contributed by atoms with E-state index in [1.54, 1.807) is 0 Å². The fourth-order valence-corrected chi connectivity index (χ4v) is 8.66. The molecule has 0 saturated carbocycles. The molecule has 11 aromatic rings. The van der Waals surface area contributed by atoms with E-state index in [0.29, 0.717) is 5.56 Å². The zero-order chi connectivity index (χ0) is 35.0. The summed E-state index contributed by atoms with van der Waals surface area (Å²) in [5.41, 5.74) is 12.9. The average molecular weight is 675 g/mol. The summed E-state index contributed by atoms with van der Waals surface area (Å²) < 4.78 is 7.11. The van der Waals surface area contributed by atoms with Crippen LogP contribution in [0.4, 0.5) is 0 Å². The van der Waals surface area contributed by atoms with Crippen molar-refractivity contribution in [1.29, 1.82) is 5.26 Å². The first-order chi connectivity index (χ1) is 26.3. The summed E-state index contributed by atoms with van der Waals surface area (Å²) in [7, 11) is 0. The third kappa shape index (κ3) is 4.22. The van der Waals surface area contributed by atoms with Gasteiger partial charge >= 0.3 is 0 Å². The molecule has 4 nitrogen and oxygen atoms in total. The number of nitrogens with zero attached hydrogens (tertiary/aromatic N) is 4. The largest absolute Gasteiger partial charge is 0.309 e. The lowest BCUT2D eigenvalue weighted by atomic mass is 9.98. The summed E-state index contributed by atoms with van der Waals surface area (Å²) in [6.07, 6.45) is 0. The maximum absolute atomic E-state index is 10.2. The van der Waals surface area contributed by atoms with Crippen molar-refractivity contribution in [3.8, 4) is 34.3 Å². The lowest BCUT2D eigenvalue weighted by molar-refractivity contribution is 1.17. The van der Waals surface area contributed by atoms with Crippen LogP contribution in [0, 0.1) is 11.3 Å². The number of nitriles is 1. The summed E-state index contributed by atoms with van der Waals surface area (Å²) >= 11 is 0. The van der Waals surface area contributed by atoms with Gasteiger partial charge in [0.1, 0.15) is 0 Å². The van der Waals surface area contributed by atoms with E-state index in [1.807, 2.05) is 12.1 Å². The molecule has 0 atom stereocenters. The van der Waals surface area contributed by atoms with Crippen LogP contribution in [-0.4, -0.2) is 13.7 Å². The van der Waals surface area contributed by atoms with Crippen LogP contribution in [0.2, 0.25) is 0 Å². The Balaban J connectivity index is 1.22. The molecule has 0 bridgehead atoms. The van der Waals surface area contributed by atoms with Gasteiger partial charge in [0.25, 0.3) is 0 Å². The zero-order valence-corrected chi connectivity index (χ0v) is 28.6. The molecule has 3 aromatic heterocycles. The van der Waals surface area contributed by atoms with Gasteiger partial charge < -0.3 is 13.7 Å². The van der Waals surface area contributed by atoms with Gasteiger partial charge in [-0.3, -0.25) is 0 Å². The Hall–Kier alpha value is -7.35. The minimum atomic E-state index is 0.629. The molecule has 11 rings (SSSR count). The molecule has 0 aliphatic heterocycles. The van der Waals surface area contributed by atoms with E-state index in [-0.39, 0.29) is 0 Å². The van der Waals surface area contributed by atoms with Crippen LogP contribution in [0.15, 0.2) is 182 Å². The van der Waals surface area contributed by atoms with E-state index in [2.05, 4.69) is 190 Å². The summed E-state index contributed by atoms with van der Waals surface area (Å²) in [5, 5.41) is 17.4. The van der Waals surface area contributed by atoms with Crippen molar-refractivity contribution in [2.45, 2.75) is 0 Å². The van der Waals surface area contributed by atoms with Crippen LogP contribution in [0.25, 0.3) is 93.6 Å². The van der Waals surface area contributed by atoms with Gasteiger partial charge in [-0.2, -0.15) is 5.26 Å². The van der Waals surface area contributed by atoms with Crippen LogP contribution in [-0.2, 0) is 0 Å². The van der Waals surface area contributed by atoms with E-state index in [1.165, 1.54) is 43.4 Å². The van der Waals surface area contributed by atoms with Crippen LogP contribution in [0.5, 0.6) is 0 Å². The minimum absolute atomic E-state index is 0.629. The van der Waals surface area contributed by atoms with Crippen LogP contribution in [0.3, 0.4) is 0 Å². The second-order valence-corrected chi connectivity index (χ2v) is 13.7. The van der Waals surface area contributed by atoms with Crippen molar-refractivity contribution in [3.63, 3.8) is 0 Å². The molecule has 0 amide bonds. The number of para-hydroxylation sites is 5. The SMILES string of the molecule is N#Cc1ccc(-n2c3ccccc3c3c4c5ccccc5n(-c5ccccc5)c4ccc32)c(-c2ccc3c(c2)c2ccccc2n3-c2ccccc2)c1. The highest BCUT2D eigenvalue weighted by Gasteiger charge is 2.22. The topological polar surface area (TPSA) is 38.6 Å². The van der Waals surface area contributed by atoms with Crippen LogP contribution < -0.4 is 0 Å². The predicted octanol–water partition coefficient (Wildman–Crippen LogP) is 12.5. The highest BCUT2D eigenvalue weighted by Crippen LogP contribution is 2.44. The molecular formula is C49H30N4. The van der Waals surface area contributed by atoms with E-state index < -0.39 is 0 Å². The second-order valence-electron chi connectivity index (χ2n) is 13.7. The van der Waals surface area contributed by atoms with Gasteiger partial charge in [0, 0.05) is 49.3 Å². The molecule has 4 heteroatoms. The Labute approximate surface area is 305 Å². The minimum Gasteiger partial charge on any atom is -0.309 e. The molecule has 246 valence electrons. The zero-order valence-electron chi connectivity index (χ0n) is 28.6. The smallest absolute Gasteiger partial charge is 0.0991 e. The molecule has 0 unspecified atom stereocenters. The van der Waals surface area contributed by atoms with Gasteiger partial charge in [-0.1, -0.05) is 97.1 Å². The normalized spacial score (nSPS) is 11.8. The first kappa shape index (κ1) is 29.4. The third-order valence-corrected chi connectivity index (χ3v) is 10.9. The van der Waals surface area contributed by atoms with Crippen LogP contribution >= 0.6 is 0 Å². The lowest BCUT2D eigenvalue weighted by Crippen LogP contribution is -1.98. The van der Waals surface area contributed by atoms with Gasteiger partial charge in [0.2, 0.25) is 0 Å². The quantitative estimate of drug-likeness (QED) is 0.183. The number of hydrogen-bond acceptors (Lipinski definition) is 1. The number of hydrogen-bond donors (Lipinski definition) is 0. The Kier molecular flexibility index (Phi) is 6.28. The maximum atomic E-state index is 10.2. The monoisotopic (exact) mass is 674 g/mol. The number of benzene rings is 8. The van der Waals surface area contributed by atoms with E-state index >= 15 is 0 Å². The first-order valence-corrected chi connectivity index (χ1v) is 17.9. The van der Waals surface area contributed by atoms with Crippen molar-refractivity contribution < 1.29 is 0 Å². The molecule has 0 aliphatic rings. The Morgan fingerprint density at radius 3 is 1.45 bits per heavy atom. The average Bonchev–Trinajstić information content (AvgIpc) is 3.86. The van der Waals surface area contributed by atoms with Gasteiger partial charge in [0.15, 0.2) is 0 Å². The van der Waals surface area contributed by atoms with Gasteiger partial charge in [-0.15, -0.1) is 0 Å². The summed E-state index contributed by atoms with van der Waals surface area (Å²) in [5.74, 6) is 0. The fraction of sp³-hybridized carbons (Fsp3) is 0. The summed E-state index contributed by atoms with van der Waals surface area (Å²) in [4.78, 5) is 0. The predicted molar refractivity (Wildman–Crippen MR) is 220 cm³/mol. The molecular weight excluding hydrogens is 645 g/mol. The third-order valence-electron chi connectivity index (χ3n) is 10.9. The number of aromatic nitrogens is 3. The first-order valence-electron chi connectivity index (χ1n) is 17.9. The molecule has 0 fully saturated rings. The molecule has 0 N–H and O–H groups in total. The van der Waals surface area contributed by atoms with Gasteiger partial charge in [-0.05, 0) is 90.5 Å². The van der Waals surface area contributed by atoms with Crippen molar-refractivity contribution >= 4 is 65.4 Å². The molecule has 0 aliphatic carbocycles. The highest BCUT2D eigenvalue weighted by atomic mass is 15.0. The Bertz CT molecular complexity index is 3280. The molecule has 0 radical (unpaired) electrons.